The summed E-state index contributed by atoms with van der Waals surface area (Å²) in [6.07, 6.45) is 0.714. The van der Waals surface area contributed by atoms with E-state index in [9.17, 15) is 18.0 Å². The van der Waals surface area contributed by atoms with Crippen molar-refractivity contribution in [1.29, 1.82) is 0 Å². The van der Waals surface area contributed by atoms with Crippen LogP contribution < -0.4 is 0 Å². The maximum Gasteiger partial charge on any atom is 0.331 e. The first-order valence-electron chi connectivity index (χ1n) is 5.87. The maximum absolute atomic E-state index is 13.6. The number of nitrogens with zero attached hydrogens (tertiary/aromatic N) is 1. The van der Waals surface area contributed by atoms with Gasteiger partial charge in [0, 0.05) is 11.3 Å². The minimum Gasteiger partial charge on any atom is -0.479 e. The van der Waals surface area contributed by atoms with Gasteiger partial charge in [-0.2, -0.15) is 0 Å². The molecule has 1 aliphatic rings. The van der Waals surface area contributed by atoms with Crippen LogP contribution in [0.4, 0.5) is 13.2 Å². The van der Waals surface area contributed by atoms with Gasteiger partial charge in [-0.15, -0.1) is 0 Å². The average molecular weight is 271 g/mol. The van der Waals surface area contributed by atoms with Gasteiger partial charge in [-0.3, -0.25) is 4.99 Å². The lowest BCUT2D eigenvalue weighted by atomic mass is 9.93. The van der Waals surface area contributed by atoms with Crippen molar-refractivity contribution in [2.75, 3.05) is 0 Å². The lowest BCUT2D eigenvalue weighted by molar-refractivity contribution is -0.143. The zero-order valence-corrected chi connectivity index (χ0v) is 10.2. The van der Waals surface area contributed by atoms with Crippen LogP contribution in [0.3, 0.4) is 0 Å². The van der Waals surface area contributed by atoms with Gasteiger partial charge in [-0.25, -0.2) is 18.0 Å². The number of carboxylic acid groups (broad SMARTS) is 1. The second kappa shape index (κ2) is 4.68. The number of hydrogen-bond acceptors (Lipinski definition) is 2. The van der Waals surface area contributed by atoms with Crippen LogP contribution in [-0.2, 0) is 4.79 Å². The fourth-order valence-corrected chi connectivity index (χ4v) is 2.20. The maximum atomic E-state index is 13.6. The molecular formula is C13H12F3NO2. The van der Waals surface area contributed by atoms with Crippen LogP contribution in [0, 0.1) is 17.5 Å². The van der Waals surface area contributed by atoms with Crippen LogP contribution in [0.2, 0.25) is 0 Å². The van der Waals surface area contributed by atoms with Gasteiger partial charge in [-0.1, -0.05) is 6.92 Å². The minimum absolute atomic E-state index is 0.167. The third-order valence-electron chi connectivity index (χ3n) is 3.45. The van der Waals surface area contributed by atoms with Gasteiger partial charge in [0.25, 0.3) is 0 Å². The van der Waals surface area contributed by atoms with Crippen molar-refractivity contribution >= 4 is 11.7 Å². The van der Waals surface area contributed by atoms with Crippen molar-refractivity contribution < 1.29 is 23.1 Å². The van der Waals surface area contributed by atoms with Crippen LogP contribution in [0.1, 0.15) is 31.7 Å². The monoisotopic (exact) mass is 271 g/mol. The van der Waals surface area contributed by atoms with E-state index in [1.807, 2.05) is 0 Å². The van der Waals surface area contributed by atoms with E-state index < -0.39 is 29.0 Å². The topological polar surface area (TPSA) is 49.7 Å². The molecule has 0 saturated carbocycles. The number of halogens is 3. The Labute approximate surface area is 107 Å². The molecule has 0 amide bonds. The Morgan fingerprint density at radius 1 is 1.37 bits per heavy atom. The molecule has 6 heteroatoms. The Morgan fingerprint density at radius 3 is 2.58 bits per heavy atom. The van der Waals surface area contributed by atoms with Crippen molar-refractivity contribution in [2.24, 2.45) is 4.99 Å². The SMILES string of the molecule is CCC1(C(=O)O)CCC(c2ccc(F)c(F)c2F)=N1. The van der Waals surface area contributed by atoms with E-state index in [0.29, 0.717) is 0 Å². The second-order valence-corrected chi connectivity index (χ2v) is 4.47. The molecule has 19 heavy (non-hydrogen) atoms. The molecule has 0 spiro atoms. The van der Waals surface area contributed by atoms with E-state index >= 15 is 0 Å². The average Bonchev–Trinajstić information content (AvgIpc) is 2.82. The van der Waals surface area contributed by atoms with E-state index in [-0.39, 0.29) is 30.5 Å². The Balaban J connectivity index is 2.48. The summed E-state index contributed by atoms with van der Waals surface area (Å²) >= 11 is 0. The molecule has 0 bridgehead atoms. The summed E-state index contributed by atoms with van der Waals surface area (Å²) in [5.74, 6) is -5.26. The molecule has 1 aromatic rings. The zero-order chi connectivity index (χ0) is 14.2. The molecule has 1 unspecified atom stereocenters. The Hall–Kier alpha value is -1.85. The Morgan fingerprint density at radius 2 is 2.05 bits per heavy atom. The normalized spacial score (nSPS) is 22.4. The lowest BCUT2D eigenvalue weighted by Crippen LogP contribution is -2.33. The fraction of sp³-hybridized carbons (Fsp3) is 0.385. The van der Waals surface area contributed by atoms with Gasteiger partial charge >= 0.3 is 5.97 Å². The molecule has 0 aliphatic carbocycles. The fourth-order valence-electron chi connectivity index (χ4n) is 2.20. The zero-order valence-electron chi connectivity index (χ0n) is 10.2. The van der Waals surface area contributed by atoms with E-state index in [2.05, 4.69) is 4.99 Å². The van der Waals surface area contributed by atoms with Crippen LogP contribution >= 0.6 is 0 Å². The molecule has 0 saturated heterocycles. The van der Waals surface area contributed by atoms with Crippen LogP contribution in [0.5, 0.6) is 0 Å². The van der Waals surface area contributed by atoms with Crippen molar-refractivity contribution in [3.8, 4) is 0 Å². The van der Waals surface area contributed by atoms with Crippen LogP contribution in [0.25, 0.3) is 0 Å². The molecule has 1 heterocycles. The van der Waals surface area contributed by atoms with Crippen molar-refractivity contribution in [3.63, 3.8) is 0 Å². The predicted octanol–water partition coefficient (Wildman–Crippen LogP) is 2.92. The van der Waals surface area contributed by atoms with Gasteiger partial charge < -0.3 is 5.11 Å². The first kappa shape index (κ1) is 13.6. The highest BCUT2D eigenvalue weighted by Crippen LogP contribution is 2.32. The number of aliphatic imine (C=N–C) groups is 1. The summed E-state index contributed by atoms with van der Waals surface area (Å²) in [6.45, 7) is 1.67. The van der Waals surface area contributed by atoms with Gasteiger partial charge in [0.05, 0.1) is 0 Å². The largest absolute Gasteiger partial charge is 0.479 e. The summed E-state index contributed by atoms with van der Waals surface area (Å²) in [5.41, 5.74) is -1.29. The number of carboxylic acids is 1. The highest BCUT2D eigenvalue weighted by atomic mass is 19.2. The Bertz CT molecular complexity index is 571. The highest BCUT2D eigenvalue weighted by Gasteiger charge is 2.41. The van der Waals surface area contributed by atoms with E-state index in [1.165, 1.54) is 0 Å². The highest BCUT2D eigenvalue weighted by molar-refractivity contribution is 6.04. The van der Waals surface area contributed by atoms with Gasteiger partial charge in [-0.05, 0) is 31.4 Å². The summed E-state index contributed by atoms with van der Waals surface area (Å²) < 4.78 is 39.6. The summed E-state index contributed by atoms with van der Waals surface area (Å²) in [6, 6.07) is 1.89. The standard InChI is InChI=1S/C13H12F3NO2/c1-2-13(12(18)19)6-5-9(17-13)7-3-4-8(14)11(16)10(7)15/h3-4H,2,5-6H2,1H3,(H,18,19). The van der Waals surface area contributed by atoms with Crippen molar-refractivity contribution in [3.05, 3.63) is 35.1 Å². The van der Waals surface area contributed by atoms with Gasteiger partial charge in [0.1, 0.15) is 0 Å². The molecule has 1 atom stereocenters. The number of rotatable bonds is 3. The van der Waals surface area contributed by atoms with Crippen molar-refractivity contribution in [1.82, 2.24) is 0 Å². The van der Waals surface area contributed by atoms with Crippen molar-refractivity contribution in [2.45, 2.75) is 31.7 Å². The molecule has 1 aromatic carbocycles. The third-order valence-corrected chi connectivity index (χ3v) is 3.45. The smallest absolute Gasteiger partial charge is 0.331 e. The summed E-state index contributed by atoms with van der Waals surface area (Å²) in [5, 5.41) is 9.16. The molecule has 1 aliphatic heterocycles. The molecule has 2 rings (SSSR count). The molecule has 102 valence electrons. The third kappa shape index (κ3) is 2.11. The first-order valence-corrected chi connectivity index (χ1v) is 5.87. The number of carbonyl (C=O) groups is 1. The predicted molar refractivity (Wildman–Crippen MR) is 62.7 cm³/mol. The molecule has 0 fully saturated rings. The molecule has 1 N–H and O–H groups in total. The minimum atomic E-state index is -1.57. The van der Waals surface area contributed by atoms with Gasteiger partial charge in [0.15, 0.2) is 23.0 Å². The number of aliphatic carboxylic acids is 1. The lowest BCUT2D eigenvalue weighted by Gasteiger charge is -2.17. The summed E-state index contributed by atoms with van der Waals surface area (Å²) in [4.78, 5) is 15.2. The Kier molecular flexibility index (Phi) is 3.34. The number of benzene rings is 1. The van der Waals surface area contributed by atoms with E-state index in [4.69, 9.17) is 5.11 Å². The second-order valence-electron chi connectivity index (χ2n) is 4.47. The van der Waals surface area contributed by atoms with Crippen LogP contribution in [-0.4, -0.2) is 22.3 Å². The van der Waals surface area contributed by atoms with E-state index in [0.717, 1.165) is 12.1 Å². The molecule has 3 nitrogen and oxygen atoms in total. The van der Waals surface area contributed by atoms with Crippen LogP contribution in [0.15, 0.2) is 17.1 Å². The quantitative estimate of drug-likeness (QED) is 0.859. The molecule has 0 aromatic heterocycles. The molecule has 0 radical (unpaired) electrons. The first-order chi connectivity index (χ1) is 8.91. The molecular weight excluding hydrogens is 259 g/mol. The summed E-state index contributed by atoms with van der Waals surface area (Å²) in [7, 11) is 0. The van der Waals surface area contributed by atoms with E-state index in [1.54, 1.807) is 6.92 Å². The number of hydrogen-bond donors (Lipinski definition) is 1. The van der Waals surface area contributed by atoms with Gasteiger partial charge in [0.2, 0.25) is 0 Å².